The molecule has 4 aliphatic rings. The van der Waals surface area contributed by atoms with Gasteiger partial charge in [-0.25, -0.2) is 4.79 Å². The number of hydrogen-bond acceptors (Lipinski definition) is 6. The molecule has 10 nitrogen and oxygen atoms in total. The summed E-state index contributed by atoms with van der Waals surface area (Å²) in [6, 6.07) is 4.12. The lowest BCUT2D eigenvalue weighted by Gasteiger charge is -2.63. The molecule has 5 amide bonds. The molecule has 1 saturated carbocycles. The van der Waals surface area contributed by atoms with Gasteiger partial charge in [-0.2, -0.15) is 0 Å². The molecule has 1 spiro atoms. The molecule has 5 rings (SSSR count). The Morgan fingerprint density at radius 1 is 1.13 bits per heavy atom. The van der Waals surface area contributed by atoms with Crippen molar-refractivity contribution in [3.63, 3.8) is 0 Å². The van der Waals surface area contributed by atoms with Gasteiger partial charge in [0.25, 0.3) is 11.8 Å². The molecule has 204 valence electrons. The number of rotatable bonds is 5. The molecule has 2 saturated heterocycles. The highest BCUT2D eigenvalue weighted by Crippen LogP contribution is 2.64. The first-order valence-corrected chi connectivity index (χ1v) is 13.5. The maximum atomic E-state index is 13.3. The van der Waals surface area contributed by atoms with Crippen molar-refractivity contribution in [2.75, 3.05) is 25.0 Å². The number of amides is 5. The van der Waals surface area contributed by atoms with Crippen LogP contribution in [0.1, 0.15) is 80.0 Å². The van der Waals surface area contributed by atoms with E-state index in [1.54, 1.807) is 18.2 Å². The summed E-state index contributed by atoms with van der Waals surface area (Å²) >= 11 is 0. The van der Waals surface area contributed by atoms with Crippen LogP contribution < -0.4 is 10.6 Å². The first-order chi connectivity index (χ1) is 17.9. The van der Waals surface area contributed by atoms with Gasteiger partial charge in [0.1, 0.15) is 6.04 Å². The van der Waals surface area contributed by atoms with E-state index in [-0.39, 0.29) is 34.8 Å². The Morgan fingerprint density at radius 2 is 1.84 bits per heavy atom. The number of likely N-dealkylation sites (tertiary alicyclic amines) is 1. The fourth-order valence-electron chi connectivity index (χ4n) is 7.71. The maximum absolute atomic E-state index is 13.3. The second-order valence-corrected chi connectivity index (χ2v) is 12.3. The zero-order chi connectivity index (χ0) is 27.4. The topological polar surface area (TPSA) is 136 Å². The Bertz CT molecular complexity index is 1200. The number of piperidine rings is 2. The first kappa shape index (κ1) is 26.2. The van der Waals surface area contributed by atoms with Gasteiger partial charge in [-0.1, -0.05) is 26.8 Å². The third-order valence-electron chi connectivity index (χ3n) is 9.06. The Morgan fingerprint density at radius 3 is 2.47 bits per heavy atom. The predicted molar refractivity (Wildman–Crippen MR) is 139 cm³/mol. The molecule has 3 fully saturated rings. The maximum Gasteiger partial charge on any atom is 0.407 e. The van der Waals surface area contributed by atoms with Gasteiger partial charge >= 0.3 is 6.09 Å². The van der Waals surface area contributed by atoms with Gasteiger partial charge in [-0.15, -0.1) is 0 Å². The van der Waals surface area contributed by atoms with Crippen molar-refractivity contribution < 1.29 is 29.1 Å². The van der Waals surface area contributed by atoms with Crippen LogP contribution in [-0.2, 0) is 9.59 Å². The number of fused-ring (bicyclic) bond motifs is 1. The van der Waals surface area contributed by atoms with Crippen LogP contribution in [0.15, 0.2) is 18.2 Å². The Hall–Kier alpha value is -3.43. The van der Waals surface area contributed by atoms with Crippen molar-refractivity contribution in [1.82, 2.24) is 15.1 Å². The number of anilines is 1. The summed E-state index contributed by atoms with van der Waals surface area (Å²) in [5.74, 6) is -1.09. The van der Waals surface area contributed by atoms with Gasteiger partial charge in [-0.3, -0.25) is 29.4 Å². The number of carbonyl (C=O) groups excluding carboxylic acids is 4. The summed E-state index contributed by atoms with van der Waals surface area (Å²) in [6.45, 7) is 8.60. The number of nitrogens with one attached hydrogen (secondary N) is 2. The van der Waals surface area contributed by atoms with Crippen LogP contribution in [0.5, 0.6) is 0 Å². The lowest BCUT2D eigenvalue weighted by molar-refractivity contribution is -0.137. The fraction of sp³-hybridized carbons (Fsp3) is 0.607. The largest absolute Gasteiger partial charge is 0.465 e. The molecule has 0 radical (unpaired) electrons. The van der Waals surface area contributed by atoms with Gasteiger partial charge in [0, 0.05) is 31.7 Å². The molecule has 3 aliphatic heterocycles. The molecule has 3 unspecified atom stereocenters. The number of carbonyl (C=O) groups is 5. The Balaban J connectivity index is 1.25. The highest BCUT2D eigenvalue weighted by Gasteiger charge is 2.58. The van der Waals surface area contributed by atoms with Crippen molar-refractivity contribution in [1.29, 1.82) is 0 Å². The van der Waals surface area contributed by atoms with Gasteiger partial charge in [0.2, 0.25) is 11.8 Å². The summed E-state index contributed by atoms with van der Waals surface area (Å²) in [7, 11) is 0. The quantitative estimate of drug-likeness (QED) is 0.503. The number of nitrogens with zero attached hydrogens (tertiary/aromatic N) is 2. The number of carboxylic acid groups (broad SMARTS) is 1. The minimum atomic E-state index is -0.987. The van der Waals surface area contributed by atoms with Gasteiger partial charge in [-0.05, 0) is 66.9 Å². The molecule has 3 heterocycles. The van der Waals surface area contributed by atoms with E-state index in [9.17, 15) is 29.1 Å². The molecule has 3 atom stereocenters. The second kappa shape index (κ2) is 9.39. The molecule has 1 aromatic carbocycles. The zero-order valence-electron chi connectivity index (χ0n) is 22.2. The summed E-state index contributed by atoms with van der Waals surface area (Å²) < 4.78 is 0. The summed E-state index contributed by atoms with van der Waals surface area (Å²) in [5, 5.41) is 15.0. The molecule has 1 aliphatic carbocycles. The Labute approximate surface area is 222 Å². The van der Waals surface area contributed by atoms with Crippen LogP contribution in [0.3, 0.4) is 0 Å². The predicted octanol–water partition coefficient (Wildman–Crippen LogP) is 3.33. The zero-order valence-corrected chi connectivity index (χ0v) is 22.2. The highest BCUT2D eigenvalue weighted by atomic mass is 16.4. The van der Waals surface area contributed by atoms with Crippen molar-refractivity contribution in [3.8, 4) is 0 Å². The standard InChI is InChI=1S/C28H36N4O6/c1-27(2,3)22-16(15-28(22)10-13-31(14-11-28)26(37)38)9-12-29-18-6-4-5-17-21(18)25(36)32(24(17)35)19-7-8-20(33)30-23(19)34/h4-6,16,19,22,29H,7-15H2,1-3H3,(H,37,38)(H,30,33,34). The SMILES string of the molecule is CC(C)(C)C1C(CCNc2cccc3c2C(=O)N(C2CCC(=O)NC2=O)C3=O)CC12CCN(C(=O)O)CC2. The van der Waals surface area contributed by atoms with Crippen molar-refractivity contribution in [2.45, 2.75) is 65.3 Å². The third-order valence-corrected chi connectivity index (χ3v) is 9.06. The minimum absolute atomic E-state index is 0.0844. The molecule has 38 heavy (non-hydrogen) atoms. The van der Waals surface area contributed by atoms with Gasteiger partial charge in [0.15, 0.2) is 0 Å². The first-order valence-electron chi connectivity index (χ1n) is 13.5. The molecule has 10 heteroatoms. The fourth-order valence-corrected chi connectivity index (χ4v) is 7.71. The molecular formula is C28H36N4O6. The summed E-state index contributed by atoms with van der Waals surface area (Å²) in [5.41, 5.74) is 1.39. The molecular weight excluding hydrogens is 488 g/mol. The minimum Gasteiger partial charge on any atom is -0.465 e. The van der Waals surface area contributed by atoms with E-state index in [1.165, 1.54) is 4.90 Å². The van der Waals surface area contributed by atoms with Crippen LogP contribution in [0.25, 0.3) is 0 Å². The average molecular weight is 525 g/mol. The molecule has 0 bridgehead atoms. The van der Waals surface area contributed by atoms with E-state index in [0.29, 0.717) is 37.2 Å². The normalized spacial score (nSPS) is 26.8. The van der Waals surface area contributed by atoms with Crippen molar-refractivity contribution in [2.24, 2.45) is 22.7 Å². The molecule has 0 aromatic heterocycles. The highest BCUT2D eigenvalue weighted by molar-refractivity contribution is 6.25. The van der Waals surface area contributed by atoms with E-state index in [0.717, 1.165) is 30.6 Å². The molecule has 1 aromatic rings. The summed E-state index contributed by atoms with van der Waals surface area (Å²) in [4.78, 5) is 64.2. The third kappa shape index (κ3) is 4.33. The van der Waals surface area contributed by atoms with E-state index in [4.69, 9.17) is 0 Å². The van der Waals surface area contributed by atoms with Crippen LogP contribution in [-0.4, -0.2) is 70.3 Å². The van der Waals surface area contributed by atoms with E-state index in [2.05, 4.69) is 31.4 Å². The van der Waals surface area contributed by atoms with Crippen molar-refractivity contribution >= 4 is 35.4 Å². The van der Waals surface area contributed by atoms with E-state index in [1.807, 2.05) is 0 Å². The van der Waals surface area contributed by atoms with Crippen LogP contribution in [0.4, 0.5) is 10.5 Å². The second-order valence-electron chi connectivity index (χ2n) is 12.3. The number of imide groups is 2. The van der Waals surface area contributed by atoms with Crippen molar-refractivity contribution in [3.05, 3.63) is 29.3 Å². The van der Waals surface area contributed by atoms with Crippen LogP contribution >= 0.6 is 0 Å². The smallest absolute Gasteiger partial charge is 0.407 e. The van der Waals surface area contributed by atoms with E-state index < -0.39 is 35.8 Å². The van der Waals surface area contributed by atoms with E-state index >= 15 is 0 Å². The lowest BCUT2D eigenvalue weighted by atomic mass is 9.43. The number of benzene rings is 1. The van der Waals surface area contributed by atoms with Gasteiger partial charge < -0.3 is 15.3 Å². The number of hydrogen-bond donors (Lipinski definition) is 3. The van der Waals surface area contributed by atoms with Crippen LogP contribution in [0.2, 0.25) is 0 Å². The molecule has 3 N–H and O–H groups in total. The Kier molecular flexibility index (Phi) is 6.47. The monoisotopic (exact) mass is 524 g/mol. The average Bonchev–Trinajstić information content (AvgIpc) is 3.08. The summed E-state index contributed by atoms with van der Waals surface area (Å²) in [6.07, 6.45) is 3.12. The lowest BCUT2D eigenvalue weighted by Crippen LogP contribution is -2.58. The van der Waals surface area contributed by atoms with Gasteiger partial charge in [0.05, 0.1) is 11.1 Å². The van der Waals surface area contributed by atoms with Crippen LogP contribution in [0, 0.1) is 22.7 Å².